The van der Waals surface area contributed by atoms with Gasteiger partial charge in [0.25, 0.3) is 17.7 Å². The molecule has 6 aromatic rings. The zero-order valence-corrected chi connectivity index (χ0v) is 43.0. The maximum absolute atomic E-state index is 14.5. The largest absolute Gasteiger partial charge is 0.508 e. The molecule has 7 N–H and O–H groups in total. The zero-order valence-electron chi connectivity index (χ0n) is 41.4. The van der Waals surface area contributed by atoms with Crippen molar-refractivity contribution in [3.63, 3.8) is 0 Å². The molecule has 2 aliphatic heterocycles. The molecule has 0 saturated carbocycles. The number of fused-ring (bicyclic) bond motifs is 4. The van der Waals surface area contributed by atoms with Gasteiger partial charge in [-0.25, -0.2) is 4.98 Å². The molecule has 0 spiro atoms. The van der Waals surface area contributed by atoms with E-state index in [-0.39, 0.29) is 54.0 Å². The van der Waals surface area contributed by atoms with Crippen molar-refractivity contribution in [1.29, 1.82) is 0 Å². The third-order valence-electron chi connectivity index (χ3n) is 12.8. The number of phenols is 1. The number of pyridine rings is 1. The number of aromatic nitrogens is 2. The van der Waals surface area contributed by atoms with Gasteiger partial charge in [-0.15, -0.1) is 20.0 Å². The molecule has 3 amide bonds. The predicted octanol–water partition coefficient (Wildman–Crippen LogP) is 5.70. The van der Waals surface area contributed by atoms with Crippen LogP contribution in [0, 0.1) is 0 Å². The minimum absolute atomic E-state index is 0.00471. The van der Waals surface area contributed by atoms with E-state index in [2.05, 4.69) is 25.6 Å². The maximum atomic E-state index is 14.5. The van der Waals surface area contributed by atoms with Crippen LogP contribution in [0.15, 0.2) is 102 Å². The monoisotopic (exact) mass is 1090 g/mol. The predicted molar refractivity (Wildman–Crippen MR) is 276 cm³/mol. The number of rotatable bonds is 20. The number of nitrogens with one attached hydrogen (secondary N) is 2. The molecule has 2 aliphatic rings. The summed E-state index contributed by atoms with van der Waals surface area (Å²) in [7, 11) is -5.25. The number of azide groups is 1. The number of anilines is 2. The molecular formula is C51H55ClN8O15S. The second-order valence-corrected chi connectivity index (χ2v) is 20.8. The number of hydrogen-bond donors (Lipinski definition) is 7. The minimum Gasteiger partial charge on any atom is -0.508 e. The smallest absolute Gasteiger partial charge is 0.501 e. The molecule has 4 heterocycles. The highest BCUT2D eigenvalue weighted by molar-refractivity contribution is 7.82. The van der Waals surface area contributed by atoms with Gasteiger partial charge < -0.3 is 68.0 Å². The molecule has 1 saturated heterocycles. The van der Waals surface area contributed by atoms with Crippen LogP contribution in [-0.2, 0) is 19.9 Å². The number of imidazole rings is 1. The van der Waals surface area contributed by atoms with Gasteiger partial charge in [-0.2, -0.15) is 0 Å². The molecule has 8 rings (SSSR count). The lowest BCUT2D eigenvalue weighted by Gasteiger charge is -2.39. The summed E-state index contributed by atoms with van der Waals surface area (Å²) >= 11 is 6.54. The van der Waals surface area contributed by atoms with Gasteiger partial charge >= 0.3 is 10.4 Å². The van der Waals surface area contributed by atoms with Crippen molar-refractivity contribution in [2.45, 2.75) is 88.3 Å². The van der Waals surface area contributed by atoms with Gasteiger partial charge in [0, 0.05) is 76.9 Å². The normalized spacial score (nSPS) is 19.7. The van der Waals surface area contributed by atoms with Crippen LogP contribution in [0.4, 0.5) is 11.4 Å². The number of carbonyl (C=O) groups is 3. The van der Waals surface area contributed by atoms with Gasteiger partial charge in [-0.3, -0.25) is 14.4 Å². The Morgan fingerprint density at radius 3 is 2.30 bits per heavy atom. The molecule has 76 heavy (non-hydrogen) atoms. The summed E-state index contributed by atoms with van der Waals surface area (Å²) in [6.07, 6.45) is -4.91. The lowest BCUT2D eigenvalue weighted by Crippen LogP contribution is -2.60. The number of aliphatic hydroxyl groups excluding tert-OH is 4. The number of ether oxygens (including phenoxy) is 3. The van der Waals surface area contributed by atoms with Crippen LogP contribution in [0.2, 0.25) is 0 Å². The van der Waals surface area contributed by atoms with Crippen molar-refractivity contribution >= 4 is 67.5 Å². The van der Waals surface area contributed by atoms with Crippen molar-refractivity contribution < 1.29 is 70.9 Å². The van der Waals surface area contributed by atoms with Gasteiger partial charge in [-0.1, -0.05) is 29.4 Å². The fourth-order valence-corrected chi connectivity index (χ4v) is 9.72. The molecular weight excluding hydrogens is 1030 g/mol. The molecule has 25 heteroatoms. The lowest BCUT2D eigenvalue weighted by atomic mass is 9.95. The van der Waals surface area contributed by atoms with Gasteiger partial charge in [-0.05, 0) is 112 Å². The molecule has 6 atom stereocenters. The highest BCUT2D eigenvalue weighted by atomic mass is 35.5. The summed E-state index contributed by atoms with van der Waals surface area (Å²) in [6.45, 7) is 6.89. The van der Waals surface area contributed by atoms with E-state index >= 15 is 0 Å². The van der Waals surface area contributed by atoms with E-state index in [9.17, 15) is 48.3 Å². The van der Waals surface area contributed by atoms with Crippen LogP contribution in [-0.4, -0.2) is 135 Å². The van der Waals surface area contributed by atoms with Crippen LogP contribution in [0.3, 0.4) is 0 Å². The second-order valence-electron chi connectivity index (χ2n) is 19.4. The van der Waals surface area contributed by atoms with Crippen molar-refractivity contribution in [3.05, 3.63) is 130 Å². The van der Waals surface area contributed by atoms with Crippen molar-refractivity contribution in [2.75, 3.05) is 42.4 Å². The van der Waals surface area contributed by atoms with E-state index < -0.39 is 94.0 Å². The van der Waals surface area contributed by atoms with E-state index in [1.54, 1.807) is 60.8 Å². The minimum atomic E-state index is -5.25. The molecule has 1 fully saturated rings. The van der Waals surface area contributed by atoms with Crippen molar-refractivity contribution in [2.24, 2.45) is 5.11 Å². The third kappa shape index (κ3) is 12.4. The fraction of sp³-hybridized carbons (Fsp3) is 0.373. The van der Waals surface area contributed by atoms with Crippen LogP contribution in [0.25, 0.3) is 26.9 Å². The van der Waals surface area contributed by atoms with Crippen LogP contribution < -0.4 is 28.6 Å². The number of hydrogen-bond acceptors (Lipinski definition) is 17. The van der Waals surface area contributed by atoms with Crippen LogP contribution in [0.5, 0.6) is 23.0 Å². The number of aromatic hydroxyl groups is 1. The summed E-state index contributed by atoms with van der Waals surface area (Å²) in [5, 5.41) is 61.2. The molecule has 4 aromatic carbocycles. The highest BCUT2D eigenvalue weighted by Gasteiger charge is 2.45. The summed E-state index contributed by atoms with van der Waals surface area (Å²) in [4.78, 5) is 50.0. The zero-order chi connectivity index (χ0) is 54.7. The van der Waals surface area contributed by atoms with Crippen LogP contribution >= 0.6 is 11.6 Å². The SMILES string of the molecule is CC(C)(CCOC(C)(C)CCN=[N+]=[N-])NC(=O)c1ccc(O[C@@H]2O[C@H](CO)[C@H](O)[C@H](O)[C@H]2O)c(OS(=O)(=O)Oc2cc3c(c4ccccc24)[C@H](CCl)CN3C(=O)c2cn3cc(NC(=O)c4ccc(O)cc4)ccc3n2)c1. The molecule has 0 bridgehead atoms. The lowest BCUT2D eigenvalue weighted by molar-refractivity contribution is -0.277. The number of aliphatic hydroxyl groups is 4. The number of amides is 3. The Hall–Kier alpha value is -7.25. The Bertz CT molecular complexity index is 3310. The van der Waals surface area contributed by atoms with Gasteiger partial charge in [0.1, 0.15) is 41.5 Å². The quantitative estimate of drug-likeness (QED) is 0.0209. The van der Waals surface area contributed by atoms with Crippen molar-refractivity contribution in [1.82, 2.24) is 14.7 Å². The molecule has 2 aromatic heterocycles. The van der Waals surface area contributed by atoms with Crippen molar-refractivity contribution in [3.8, 4) is 23.0 Å². The fourth-order valence-electron chi connectivity index (χ4n) is 8.72. The average molecular weight is 1090 g/mol. The van der Waals surface area contributed by atoms with Crippen LogP contribution in [0.1, 0.15) is 83.2 Å². The molecule has 0 radical (unpaired) electrons. The molecule has 0 aliphatic carbocycles. The third-order valence-corrected chi connectivity index (χ3v) is 14.0. The number of benzene rings is 4. The molecule has 0 unspecified atom stereocenters. The highest BCUT2D eigenvalue weighted by Crippen LogP contribution is 2.47. The first-order chi connectivity index (χ1) is 36.1. The molecule has 23 nitrogen and oxygen atoms in total. The number of alkyl halides is 1. The Morgan fingerprint density at radius 1 is 0.882 bits per heavy atom. The number of nitrogens with zero attached hydrogens (tertiary/aromatic N) is 6. The Kier molecular flexibility index (Phi) is 16.3. The Labute approximate surface area is 440 Å². The standard InChI is InChI=1S/C51H55ClN8O15S/c1-50(2,18-20-71-51(3,4)17-19-54-58-53)57-47(67)29-11-15-37(72-49-45(65)44(64)43(63)40(27-61)73-49)39(21-29)75-76(69,70)74-38-22-36-42(34-8-6-5-7-33(34)38)30(23-52)24-60(36)48(68)35-26-59-25-31(12-16-41(59)56-35)55-46(66)28-9-13-32(62)14-10-28/h5-16,21-22,25-26,30,40,43-45,49,61-65H,17-20,23-24,27H2,1-4H3,(H,55,66)(H,57,67)/t30-,40-,43+,44+,45-,49-/m1/s1. The van der Waals surface area contributed by atoms with E-state index in [1.807, 2.05) is 13.8 Å². The Balaban J connectivity index is 1.08. The van der Waals surface area contributed by atoms with Gasteiger partial charge in [0.15, 0.2) is 17.2 Å². The number of carbonyl (C=O) groups excluding carboxylic acids is 3. The number of phenolic OH excluding ortho intramolecular Hbond substituents is 1. The van der Waals surface area contributed by atoms with E-state index in [4.69, 9.17) is 39.7 Å². The average Bonchev–Trinajstić information content (AvgIpc) is 3.98. The van der Waals surface area contributed by atoms with Gasteiger partial charge in [0.05, 0.1) is 23.6 Å². The second kappa shape index (κ2) is 22.5. The topological polar surface area (TPSA) is 326 Å². The van der Waals surface area contributed by atoms with Gasteiger partial charge in [0.2, 0.25) is 6.29 Å². The number of halogens is 1. The summed E-state index contributed by atoms with van der Waals surface area (Å²) in [6, 6.07) is 20.4. The maximum Gasteiger partial charge on any atom is 0.501 e. The summed E-state index contributed by atoms with van der Waals surface area (Å²) in [5.74, 6) is -3.40. The first-order valence-electron chi connectivity index (χ1n) is 23.8. The molecule has 402 valence electrons. The van der Waals surface area contributed by atoms with E-state index in [0.717, 1.165) is 12.1 Å². The van der Waals surface area contributed by atoms with E-state index in [1.165, 1.54) is 47.5 Å². The summed E-state index contributed by atoms with van der Waals surface area (Å²) < 4.78 is 58.8. The first kappa shape index (κ1) is 55.0. The summed E-state index contributed by atoms with van der Waals surface area (Å²) in [5.41, 5.74) is 8.94. The van der Waals surface area contributed by atoms with E-state index in [0.29, 0.717) is 46.1 Å². The first-order valence-corrected chi connectivity index (χ1v) is 25.7. The Morgan fingerprint density at radius 2 is 1.59 bits per heavy atom.